The summed E-state index contributed by atoms with van der Waals surface area (Å²) in [6, 6.07) is 12.0. The summed E-state index contributed by atoms with van der Waals surface area (Å²) in [4.78, 5) is 33.7. The Morgan fingerprint density at radius 1 is 1.17 bits per heavy atom. The molecule has 1 atom stereocenters. The van der Waals surface area contributed by atoms with Crippen LogP contribution in [0.15, 0.2) is 48.8 Å². The van der Waals surface area contributed by atoms with Crippen molar-refractivity contribution >= 4 is 11.8 Å². The Labute approximate surface area is 178 Å². The van der Waals surface area contributed by atoms with E-state index >= 15 is 0 Å². The van der Waals surface area contributed by atoms with E-state index in [0.29, 0.717) is 19.6 Å². The molecule has 0 aliphatic carbocycles. The van der Waals surface area contributed by atoms with Crippen molar-refractivity contribution in [3.8, 4) is 11.1 Å². The molecule has 160 valence electrons. The zero-order valence-electron chi connectivity index (χ0n) is 18.5. The van der Waals surface area contributed by atoms with E-state index < -0.39 is 11.0 Å². The second kappa shape index (κ2) is 8.56. The minimum Gasteiger partial charge on any atom is -0.361 e. The number of amides is 2. The average molecular weight is 410 g/mol. The van der Waals surface area contributed by atoms with Crippen molar-refractivity contribution in [1.82, 2.24) is 14.8 Å². The van der Waals surface area contributed by atoms with E-state index in [0.717, 1.165) is 16.7 Å². The Bertz CT molecular complexity index is 905. The highest BCUT2D eigenvalue weighted by Crippen LogP contribution is 2.30. The minimum absolute atomic E-state index is 0.0332. The fourth-order valence-electron chi connectivity index (χ4n) is 3.88. The minimum atomic E-state index is -1.10. The van der Waals surface area contributed by atoms with Crippen molar-refractivity contribution in [2.75, 3.05) is 33.8 Å². The largest absolute Gasteiger partial charge is 0.361 e. The maximum Gasteiger partial charge on any atom is 0.256 e. The second-order valence-corrected chi connectivity index (χ2v) is 9.14. The van der Waals surface area contributed by atoms with Gasteiger partial charge in [0, 0.05) is 44.9 Å². The van der Waals surface area contributed by atoms with Gasteiger partial charge in [0.05, 0.1) is 13.2 Å². The van der Waals surface area contributed by atoms with Crippen molar-refractivity contribution in [3.05, 3.63) is 54.4 Å². The Balaban J connectivity index is 1.93. The summed E-state index contributed by atoms with van der Waals surface area (Å²) in [5.41, 5.74) is 1.42. The third kappa shape index (κ3) is 4.70. The summed E-state index contributed by atoms with van der Waals surface area (Å²) >= 11 is 0. The lowest BCUT2D eigenvalue weighted by Crippen LogP contribution is -2.62. The van der Waals surface area contributed by atoms with Crippen LogP contribution in [0.1, 0.15) is 26.3 Å². The molecule has 1 aliphatic rings. The summed E-state index contributed by atoms with van der Waals surface area (Å²) in [5.74, 6) is -0.0912. The van der Waals surface area contributed by atoms with Gasteiger partial charge in [-0.25, -0.2) is 0 Å². The van der Waals surface area contributed by atoms with Crippen molar-refractivity contribution in [2.45, 2.75) is 32.8 Å². The van der Waals surface area contributed by atoms with Gasteiger partial charge >= 0.3 is 0 Å². The number of hydrogen-bond acceptors (Lipinski definition) is 4. The SMILES string of the molecule is CN(C)C(=O)[C@]1(Cc2cccc(-c3cccnc3)c2)CN(C(=O)C(C)(C)C)CCO1. The van der Waals surface area contributed by atoms with Gasteiger partial charge in [-0.1, -0.05) is 51.1 Å². The molecule has 6 heteroatoms. The zero-order valence-corrected chi connectivity index (χ0v) is 18.5. The number of pyridine rings is 1. The Morgan fingerprint density at radius 2 is 1.90 bits per heavy atom. The zero-order chi connectivity index (χ0) is 21.9. The van der Waals surface area contributed by atoms with Crippen LogP contribution < -0.4 is 0 Å². The summed E-state index contributed by atoms with van der Waals surface area (Å²) in [5, 5.41) is 0. The molecular weight excluding hydrogens is 378 g/mol. The molecule has 2 heterocycles. The molecule has 1 aliphatic heterocycles. The third-order valence-electron chi connectivity index (χ3n) is 5.32. The predicted octanol–water partition coefficient (Wildman–Crippen LogP) is 3.02. The van der Waals surface area contributed by atoms with Gasteiger partial charge in [0.25, 0.3) is 5.91 Å². The van der Waals surface area contributed by atoms with Crippen LogP contribution in [0.2, 0.25) is 0 Å². The van der Waals surface area contributed by atoms with Crippen LogP contribution in [0.5, 0.6) is 0 Å². The molecule has 1 fully saturated rings. The normalized spacial score (nSPS) is 19.4. The number of nitrogens with zero attached hydrogens (tertiary/aromatic N) is 3. The lowest BCUT2D eigenvalue weighted by molar-refractivity contribution is -0.175. The highest BCUT2D eigenvalue weighted by molar-refractivity contribution is 5.88. The first kappa shape index (κ1) is 22.0. The lowest BCUT2D eigenvalue weighted by Gasteiger charge is -2.44. The lowest BCUT2D eigenvalue weighted by atomic mass is 9.88. The predicted molar refractivity (Wildman–Crippen MR) is 117 cm³/mol. The van der Waals surface area contributed by atoms with Gasteiger partial charge in [0.2, 0.25) is 5.91 Å². The van der Waals surface area contributed by atoms with Crippen LogP contribution in [0.25, 0.3) is 11.1 Å². The van der Waals surface area contributed by atoms with Crippen LogP contribution in [0, 0.1) is 5.41 Å². The van der Waals surface area contributed by atoms with E-state index in [9.17, 15) is 9.59 Å². The number of morpholine rings is 1. The van der Waals surface area contributed by atoms with Crippen molar-refractivity contribution in [3.63, 3.8) is 0 Å². The number of rotatable bonds is 4. The average Bonchev–Trinajstić information content (AvgIpc) is 2.73. The molecule has 3 rings (SSSR count). The van der Waals surface area contributed by atoms with Crippen LogP contribution in [-0.2, 0) is 20.7 Å². The quantitative estimate of drug-likeness (QED) is 0.779. The third-order valence-corrected chi connectivity index (χ3v) is 5.32. The fourth-order valence-corrected chi connectivity index (χ4v) is 3.88. The molecular formula is C24H31N3O3. The number of ether oxygens (including phenoxy) is 1. The van der Waals surface area contributed by atoms with E-state index in [4.69, 9.17) is 4.74 Å². The van der Waals surface area contributed by atoms with Crippen LogP contribution >= 0.6 is 0 Å². The summed E-state index contributed by atoms with van der Waals surface area (Å²) in [6.45, 7) is 6.78. The number of aromatic nitrogens is 1. The van der Waals surface area contributed by atoms with Gasteiger partial charge in [-0.3, -0.25) is 14.6 Å². The van der Waals surface area contributed by atoms with E-state index in [1.807, 2.05) is 57.3 Å². The van der Waals surface area contributed by atoms with Crippen molar-refractivity contribution in [2.24, 2.45) is 5.41 Å². The molecule has 1 aromatic heterocycles. The Morgan fingerprint density at radius 3 is 2.53 bits per heavy atom. The highest BCUT2D eigenvalue weighted by atomic mass is 16.5. The topological polar surface area (TPSA) is 62.7 Å². The first-order valence-corrected chi connectivity index (χ1v) is 10.3. The molecule has 0 N–H and O–H groups in total. The van der Waals surface area contributed by atoms with E-state index in [1.54, 1.807) is 30.1 Å². The molecule has 30 heavy (non-hydrogen) atoms. The molecule has 1 saturated heterocycles. The van der Waals surface area contributed by atoms with Crippen LogP contribution in [0.4, 0.5) is 0 Å². The molecule has 0 radical (unpaired) electrons. The summed E-state index contributed by atoms with van der Waals surface area (Å²) in [6.07, 6.45) is 3.96. The van der Waals surface area contributed by atoms with Crippen LogP contribution in [0.3, 0.4) is 0 Å². The smallest absolute Gasteiger partial charge is 0.256 e. The maximum atomic E-state index is 13.2. The van der Waals surface area contributed by atoms with Gasteiger partial charge in [-0.05, 0) is 22.8 Å². The van der Waals surface area contributed by atoms with E-state index in [2.05, 4.69) is 11.1 Å². The Hall–Kier alpha value is -2.73. The monoisotopic (exact) mass is 409 g/mol. The van der Waals surface area contributed by atoms with E-state index in [-0.39, 0.29) is 18.4 Å². The molecule has 6 nitrogen and oxygen atoms in total. The number of benzene rings is 1. The van der Waals surface area contributed by atoms with Gasteiger partial charge in [-0.15, -0.1) is 0 Å². The second-order valence-electron chi connectivity index (χ2n) is 9.14. The number of carbonyl (C=O) groups excluding carboxylic acids is 2. The molecule has 0 saturated carbocycles. The van der Waals surface area contributed by atoms with Gasteiger partial charge in [-0.2, -0.15) is 0 Å². The van der Waals surface area contributed by atoms with Crippen molar-refractivity contribution in [1.29, 1.82) is 0 Å². The molecule has 2 amide bonds. The summed E-state index contributed by atoms with van der Waals surface area (Å²) < 4.78 is 6.13. The highest BCUT2D eigenvalue weighted by Gasteiger charge is 2.47. The standard InChI is InChI=1S/C24H31N3O3/c1-23(2,3)21(28)27-12-13-30-24(17-27,22(29)26(4)5)15-18-8-6-9-19(14-18)20-10-7-11-25-16-20/h6-11,14,16H,12-13,15,17H2,1-5H3/t24-/m0/s1. The maximum absolute atomic E-state index is 13.2. The molecule has 0 bridgehead atoms. The van der Waals surface area contributed by atoms with Crippen LogP contribution in [-0.4, -0.2) is 66.0 Å². The van der Waals surface area contributed by atoms with E-state index in [1.165, 1.54) is 0 Å². The number of hydrogen-bond donors (Lipinski definition) is 0. The fraction of sp³-hybridized carbons (Fsp3) is 0.458. The molecule has 0 unspecified atom stereocenters. The van der Waals surface area contributed by atoms with Gasteiger partial charge < -0.3 is 14.5 Å². The molecule has 1 aromatic carbocycles. The number of likely N-dealkylation sites (N-methyl/N-ethyl adjacent to an activating group) is 1. The summed E-state index contributed by atoms with van der Waals surface area (Å²) in [7, 11) is 3.45. The Kier molecular flexibility index (Phi) is 6.27. The van der Waals surface area contributed by atoms with Gasteiger partial charge in [0.1, 0.15) is 0 Å². The first-order valence-electron chi connectivity index (χ1n) is 10.3. The van der Waals surface area contributed by atoms with Gasteiger partial charge in [0.15, 0.2) is 5.60 Å². The molecule has 2 aromatic rings. The first-order chi connectivity index (χ1) is 14.1. The molecule has 0 spiro atoms. The number of carbonyl (C=O) groups is 2. The van der Waals surface area contributed by atoms with Crippen molar-refractivity contribution < 1.29 is 14.3 Å².